The van der Waals surface area contributed by atoms with Gasteiger partial charge in [0.25, 0.3) is 5.91 Å². The number of nitrogens with zero attached hydrogens (tertiary/aromatic N) is 3. The van der Waals surface area contributed by atoms with Crippen LogP contribution in [0.5, 0.6) is 17.2 Å². The smallest absolute Gasteiger partial charge is 0.255 e. The number of benzene rings is 1. The molecule has 0 aliphatic heterocycles. The molecule has 7 heteroatoms. The Morgan fingerprint density at radius 3 is 2.72 bits per heavy atom. The van der Waals surface area contributed by atoms with Crippen molar-refractivity contribution < 1.29 is 14.6 Å². The highest BCUT2D eigenvalue weighted by Crippen LogP contribution is 2.28. The molecule has 0 saturated carbocycles. The molecular weight excluding hydrogens is 404 g/mol. The Bertz CT molecular complexity index is 1110. The second-order valence-corrected chi connectivity index (χ2v) is 7.28. The highest BCUT2D eigenvalue weighted by Gasteiger charge is 2.13. The van der Waals surface area contributed by atoms with Gasteiger partial charge in [-0.2, -0.15) is 0 Å². The Labute approximate surface area is 187 Å². The Morgan fingerprint density at radius 2 is 2.00 bits per heavy atom. The fraction of sp³-hybridized carbons (Fsp3) is 0.160. The van der Waals surface area contributed by atoms with Gasteiger partial charge in [-0.15, -0.1) is 0 Å². The van der Waals surface area contributed by atoms with Crippen molar-refractivity contribution in [1.82, 2.24) is 20.2 Å². The Kier molecular flexibility index (Phi) is 7.59. The minimum Gasteiger partial charge on any atom is -0.507 e. The van der Waals surface area contributed by atoms with Crippen LogP contribution in [0.25, 0.3) is 5.57 Å². The molecule has 0 aliphatic carbocycles. The number of carbonyl (C=O) groups is 1. The average molecular weight is 431 g/mol. The first kappa shape index (κ1) is 22.6. The minimum atomic E-state index is -0.380. The predicted molar refractivity (Wildman–Crippen MR) is 125 cm³/mol. The molecule has 2 aromatic heterocycles. The molecule has 0 aliphatic rings. The number of nitrogens with one attached hydrogen (secondary N) is 1. The molecule has 0 fully saturated rings. The molecule has 0 radical (unpaired) electrons. The summed E-state index contributed by atoms with van der Waals surface area (Å²) in [6.45, 7) is 4.26. The van der Waals surface area contributed by atoms with Crippen molar-refractivity contribution in [3.05, 3.63) is 96.7 Å². The topological polar surface area (TPSA) is 87.6 Å². The van der Waals surface area contributed by atoms with Gasteiger partial charge in [0, 0.05) is 57.1 Å². The lowest BCUT2D eigenvalue weighted by Gasteiger charge is -2.12. The van der Waals surface area contributed by atoms with E-state index < -0.39 is 0 Å². The number of ether oxygens (including phenoxy) is 1. The summed E-state index contributed by atoms with van der Waals surface area (Å²) in [6, 6.07) is 11.9. The van der Waals surface area contributed by atoms with Gasteiger partial charge in [0.15, 0.2) is 0 Å². The minimum absolute atomic E-state index is 0.116. The number of hydrogen-bond acceptors (Lipinski definition) is 6. The first-order valence-electron chi connectivity index (χ1n) is 10.1. The molecule has 164 valence electrons. The lowest BCUT2D eigenvalue weighted by Crippen LogP contribution is -2.25. The molecule has 2 N–H and O–H groups in total. The van der Waals surface area contributed by atoms with Gasteiger partial charge >= 0.3 is 0 Å². The standard InChI is InChI=1S/C25H26N4O3/c1-4-19(17-29(2)3)23-15-21(10-13-27-23)32-20-7-8-24(30)22(14-20)25(31)28-12-9-18-6-5-11-26-16-18/h4-8,10-11,13-17,30H,1,9,12H2,2-3H3,(H,28,31)/b19-17+. The van der Waals surface area contributed by atoms with E-state index in [0.717, 1.165) is 11.1 Å². The average Bonchev–Trinajstić information content (AvgIpc) is 2.79. The van der Waals surface area contributed by atoms with Crippen molar-refractivity contribution >= 4 is 11.5 Å². The van der Waals surface area contributed by atoms with Crippen LogP contribution in [0.3, 0.4) is 0 Å². The molecule has 3 aromatic rings. The van der Waals surface area contributed by atoms with E-state index in [1.807, 2.05) is 37.3 Å². The largest absolute Gasteiger partial charge is 0.507 e. The molecule has 0 atom stereocenters. The van der Waals surface area contributed by atoms with Crippen molar-refractivity contribution in [2.75, 3.05) is 20.6 Å². The molecular formula is C25H26N4O3. The maximum Gasteiger partial charge on any atom is 0.255 e. The lowest BCUT2D eigenvalue weighted by atomic mass is 10.1. The Hall–Kier alpha value is -4.13. The maximum absolute atomic E-state index is 12.6. The van der Waals surface area contributed by atoms with Gasteiger partial charge in [-0.25, -0.2) is 0 Å². The fourth-order valence-corrected chi connectivity index (χ4v) is 2.99. The summed E-state index contributed by atoms with van der Waals surface area (Å²) in [5.74, 6) is 0.480. The van der Waals surface area contributed by atoms with Gasteiger partial charge in [0.05, 0.1) is 11.3 Å². The van der Waals surface area contributed by atoms with Crippen molar-refractivity contribution in [2.24, 2.45) is 0 Å². The molecule has 32 heavy (non-hydrogen) atoms. The molecule has 0 saturated heterocycles. The van der Waals surface area contributed by atoms with E-state index in [0.29, 0.717) is 30.2 Å². The molecule has 0 bridgehead atoms. The van der Waals surface area contributed by atoms with Gasteiger partial charge in [-0.05, 0) is 42.3 Å². The third kappa shape index (κ3) is 6.18. The zero-order chi connectivity index (χ0) is 22.9. The molecule has 0 spiro atoms. The number of phenolic OH excluding ortho intramolecular Hbond substituents is 1. The van der Waals surface area contributed by atoms with Crippen LogP contribution in [0.1, 0.15) is 21.6 Å². The third-order valence-electron chi connectivity index (χ3n) is 4.51. The van der Waals surface area contributed by atoms with E-state index in [9.17, 15) is 9.90 Å². The van der Waals surface area contributed by atoms with E-state index in [-0.39, 0.29) is 17.2 Å². The first-order chi connectivity index (χ1) is 15.5. The number of rotatable bonds is 9. The van der Waals surface area contributed by atoms with Gasteiger partial charge in [-0.3, -0.25) is 14.8 Å². The number of amides is 1. The number of phenols is 1. The zero-order valence-corrected chi connectivity index (χ0v) is 18.2. The molecule has 3 rings (SSSR count). The van der Waals surface area contributed by atoms with Crippen LogP contribution in [0, 0.1) is 0 Å². The van der Waals surface area contributed by atoms with Gasteiger partial charge < -0.3 is 20.1 Å². The van der Waals surface area contributed by atoms with Crippen LogP contribution in [0.4, 0.5) is 0 Å². The number of hydrogen-bond donors (Lipinski definition) is 2. The second kappa shape index (κ2) is 10.8. The van der Waals surface area contributed by atoms with Crippen molar-refractivity contribution in [1.29, 1.82) is 0 Å². The maximum atomic E-state index is 12.6. The Balaban J connectivity index is 1.71. The van der Waals surface area contributed by atoms with Crippen LogP contribution in [-0.2, 0) is 6.42 Å². The summed E-state index contributed by atoms with van der Waals surface area (Å²) >= 11 is 0. The predicted octanol–water partition coefficient (Wildman–Crippen LogP) is 4.04. The second-order valence-electron chi connectivity index (χ2n) is 7.28. The van der Waals surface area contributed by atoms with Crippen LogP contribution >= 0.6 is 0 Å². The summed E-state index contributed by atoms with van der Waals surface area (Å²) in [7, 11) is 3.84. The van der Waals surface area contributed by atoms with Crippen molar-refractivity contribution in [2.45, 2.75) is 6.42 Å². The van der Waals surface area contributed by atoms with Crippen LogP contribution in [0.2, 0.25) is 0 Å². The number of carbonyl (C=O) groups excluding carboxylic acids is 1. The molecule has 0 unspecified atom stereocenters. The number of aromatic hydroxyl groups is 1. The van der Waals surface area contributed by atoms with Gasteiger partial charge in [-0.1, -0.05) is 18.7 Å². The highest BCUT2D eigenvalue weighted by atomic mass is 16.5. The SMILES string of the molecule is C=C/C(=C\N(C)C)c1cc(Oc2ccc(O)c(C(=O)NCCc3cccnc3)c2)ccn1. The quantitative estimate of drug-likeness (QED) is 0.498. The van der Waals surface area contributed by atoms with E-state index in [2.05, 4.69) is 21.9 Å². The summed E-state index contributed by atoms with van der Waals surface area (Å²) in [4.78, 5) is 22.9. The van der Waals surface area contributed by atoms with E-state index >= 15 is 0 Å². The molecule has 1 aromatic carbocycles. The van der Waals surface area contributed by atoms with Crippen LogP contribution < -0.4 is 10.1 Å². The van der Waals surface area contributed by atoms with Crippen LogP contribution in [0.15, 0.2) is 79.9 Å². The Morgan fingerprint density at radius 1 is 1.19 bits per heavy atom. The number of aromatic nitrogens is 2. The zero-order valence-electron chi connectivity index (χ0n) is 18.2. The van der Waals surface area contributed by atoms with E-state index in [1.54, 1.807) is 42.9 Å². The lowest BCUT2D eigenvalue weighted by molar-refractivity contribution is 0.0951. The normalized spacial score (nSPS) is 11.0. The molecule has 2 heterocycles. The first-order valence-corrected chi connectivity index (χ1v) is 10.1. The summed E-state index contributed by atoms with van der Waals surface area (Å²) in [5.41, 5.74) is 2.71. The van der Waals surface area contributed by atoms with Gasteiger partial charge in [0.2, 0.25) is 0 Å². The number of pyridine rings is 2. The van der Waals surface area contributed by atoms with Crippen molar-refractivity contribution in [3.63, 3.8) is 0 Å². The van der Waals surface area contributed by atoms with Gasteiger partial charge in [0.1, 0.15) is 17.2 Å². The highest BCUT2D eigenvalue weighted by molar-refractivity contribution is 5.97. The summed E-state index contributed by atoms with van der Waals surface area (Å²) in [6.07, 6.45) is 9.38. The molecule has 7 nitrogen and oxygen atoms in total. The monoisotopic (exact) mass is 430 g/mol. The third-order valence-corrected chi connectivity index (χ3v) is 4.51. The van der Waals surface area contributed by atoms with E-state index in [4.69, 9.17) is 4.74 Å². The number of allylic oxidation sites excluding steroid dienone is 2. The van der Waals surface area contributed by atoms with E-state index in [1.165, 1.54) is 12.1 Å². The molecule has 1 amide bonds. The van der Waals surface area contributed by atoms with Crippen LogP contribution in [-0.4, -0.2) is 46.5 Å². The fourth-order valence-electron chi connectivity index (χ4n) is 2.99. The summed E-state index contributed by atoms with van der Waals surface area (Å²) < 4.78 is 5.92. The van der Waals surface area contributed by atoms with Crippen molar-refractivity contribution in [3.8, 4) is 17.2 Å². The summed E-state index contributed by atoms with van der Waals surface area (Å²) in [5, 5.41) is 13.0.